The third-order valence-electron chi connectivity index (χ3n) is 6.45. The van der Waals surface area contributed by atoms with Gasteiger partial charge < -0.3 is 15.4 Å². The van der Waals surface area contributed by atoms with Gasteiger partial charge in [0.1, 0.15) is 5.54 Å². The van der Waals surface area contributed by atoms with Crippen molar-refractivity contribution in [1.82, 2.24) is 15.1 Å². The lowest BCUT2D eigenvalue weighted by Crippen LogP contribution is -2.44. The highest BCUT2D eigenvalue weighted by atomic mass is 16.5. The number of carbonyl (C=O) groups excluding carboxylic acids is 3. The molecule has 4 rings (SSSR count). The lowest BCUT2D eigenvalue weighted by molar-refractivity contribution is -0.131. The number of amides is 4. The molecule has 2 atom stereocenters. The molecule has 31 heavy (non-hydrogen) atoms. The van der Waals surface area contributed by atoms with Crippen molar-refractivity contribution < 1.29 is 19.1 Å². The smallest absolute Gasteiger partial charge is 0.325 e. The van der Waals surface area contributed by atoms with Gasteiger partial charge in [-0.25, -0.2) is 4.79 Å². The first kappa shape index (κ1) is 21.8. The molecule has 2 aliphatic heterocycles. The Labute approximate surface area is 183 Å². The Hall–Kier alpha value is -2.45. The zero-order valence-corrected chi connectivity index (χ0v) is 18.4. The first-order valence-corrected chi connectivity index (χ1v) is 11.3. The van der Waals surface area contributed by atoms with E-state index in [9.17, 15) is 14.4 Å². The second-order valence-electron chi connectivity index (χ2n) is 9.08. The van der Waals surface area contributed by atoms with Gasteiger partial charge in [-0.05, 0) is 38.3 Å². The Morgan fingerprint density at radius 3 is 2.55 bits per heavy atom. The molecule has 0 bridgehead atoms. The van der Waals surface area contributed by atoms with Crippen LogP contribution in [0, 0.1) is 0 Å². The van der Waals surface area contributed by atoms with E-state index in [4.69, 9.17) is 4.74 Å². The summed E-state index contributed by atoms with van der Waals surface area (Å²) in [6.45, 7) is 6.66. The SMILES string of the molecule is CC1CN(Cc2ccccc2NC(=O)CCN2C(=O)NC3(CCCC3)C2=O)CC(C)O1. The molecule has 8 heteroatoms. The highest BCUT2D eigenvalue weighted by molar-refractivity contribution is 6.07. The molecule has 2 unspecified atom stereocenters. The van der Waals surface area contributed by atoms with Crippen LogP contribution in [-0.2, 0) is 20.9 Å². The lowest BCUT2D eigenvalue weighted by Gasteiger charge is -2.35. The van der Waals surface area contributed by atoms with Crippen LogP contribution in [-0.4, -0.2) is 65.0 Å². The maximum absolute atomic E-state index is 12.7. The predicted molar refractivity (Wildman–Crippen MR) is 116 cm³/mol. The summed E-state index contributed by atoms with van der Waals surface area (Å²) in [5.41, 5.74) is 1.08. The minimum atomic E-state index is -0.730. The molecule has 1 spiro atoms. The van der Waals surface area contributed by atoms with E-state index in [2.05, 4.69) is 29.4 Å². The molecule has 3 fully saturated rings. The number of carbonyl (C=O) groups is 3. The number of benzene rings is 1. The fourth-order valence-electron chi connectivity index (χ4n) is 5.06. The minimum absolute atomic E-state index is 0.0786. The zero-order valence-electron chi connectivity index (χ0n) is 18.4. The van der Waals surface area contributed by atoms with Crippen molar-refractivity contribution in [2.75, 3.05) is 25.0 Å². The topological polar surface area (TPSA) is 91.0 Å². The number of urea groups is 1. The molecule has 3 aliphatic rings. The molecule has 1 saturated carbocycles. The molecule has 1 aliphatic carbocycles. The number of anilines is 1. The van der Waals surface area contributed by atoms with Crippen LogP contribution in [0.1, 0.15) is 51.5 Å². The number of imide groups is 1. The Kier molecular flexibility index (Phi) is 6.29. The first-order valence-electron chi connectivity index (χ1n) is 11.3. The molecule has 1 aromatic carbocycles. The second kappa shape index (κ2) is 8.96. The second-order valence-corrected chi connectivity index (χ2v) is 9.08. The molecule has 8 nitrogen and oxygen atoms in total. The van der Waals surface area contributed by atoms with Crippen LogP contribution in [0.25, 0.3) is 0 Å². The number of rotatable bonds is 6. The largest absolute Gasteiger partial charge is 0.373 e. The van der Waals surface area contributed by atoms with E-state index < -0.39 is 5.54 Å². The summed E-state index contributed by atoms with van der Waals surface area (Å²) in [6, 6.07) is 7.39. The molecule has 2 N–H and O–H groups in total. The van der Waals surface area contributed by atoms with E-state index in [1.807, 2.05) is 24.3 Å². The van der Waals surface area contributed by atoms with E-state index in [1.165, 1.54) is 4.90 Å². The number of para-hydroxylation sites is 1. The van der Waals surface area contributed by atoms with Crippen molar-refractivity contribution in [3.8, 4) is 0 Å². The number of morpholine rings is 1. The fourth-order valence-corrected chi connectivity index (χ4v) is 5.06. The van der Waals surface area contributed by atoms with Crippen LogP contribution in [0.3, 0.4) is 0 Å². The van der Waals surface area contributed by atoms with Crippen LogP contribution < -0.4 is 10.6 Å². The van der Waals surface area contributed by atoms with Gasteiger partial charge in [0.15, 0.2) is 0 Å². The summed E-state index contributed by atoms with van der Waals surface area (Å²) in [5.74, 6) is -0.386. The van der Waals surface area contributed by atoms with Gasteiger partial charge in [0.05, 0.1) is 12.2 Å². The molecule has 1 aromatic rings. The van der Waals surface area contributed by atoms with Gasteiger partial charge >= 0.3 is 6.03 Å². The predicted octanol–water partition coefficient (Wildman–Crippen LogP) is 2.49. The lowest BCUT2D eigenvalue weighted by atomic mass is 9.98. The number of hydrogen-bond acceptors (Lipinski definition) is 5. The Balaban J connectivity index is 1.34. The molecule has 168 valence electrons. The van der Waals surface area contributed by atoms with Crippen LogP contribution in [0.2, 0.25) is 0 Å². The quantitative estimate of drug-likeness (QED) is 0.680. The van der Waals surface area contributed by atoms with Gasteiger partial charge in [-0.1, -0.05) is 31.0 Å². The van der Waals surface area contributed by atoms with Gasteiger partial charge in [0, 0.05) is 38.3 Å². The van der Waals surface area contributed by atoms with Gasteiger partial charge in [0.25, 0.3) is 5.91 Å². The third kappa shape index (κ3) is 4.75. The Morgan fingerprint density at radius 1 is 1.16 bits per heavy atom. The normalized spacial score (nSPS) is 25.8. The van der Waals surface area contributed by atoms with Crippen LogP contribution in [0.15, 0.2) is 24.3 Å². The Morgan fingerprint density at radius 2 is 1.84 bits per heavy atom. The molecule has 0 radical (unpaired) electrons. The average Bonchev–Trinajstić information content (AvgIpc) is 3.26. The van der Waals surface area contributed by atoms with Crippen LogP contribution in [0.4, 0.5) is 10.5 Å². The van der Waals surface area contributed by atoms with Gasteiger partial charge in [-0.3, -0.25) is 19.4 Å². The van der Waals surface area contributed by atoms with Crippen molar-refractivity contribution in [2.24, 2.45) is 0 Å². The van der Waals surface area contributed by atoms with Gasteiger partial charge in [-0.15, -0.1) is 0 Å². The van der Waals surface area contributed by atoms with E-state index in [0.717, 1.165) is 43.7 Å². The average molecular weight is 429 g/mol. The highest BCUT2D eigenvalue weighted by Crippen LogP contribution is 2.35. The molecule has 0 aromatic heterocycles. The summed E-state index contributed by atoms with van der Waals surface area (Å²) in [7, 11) is 0. The highest BCUT2D eigenvalue weighted by Gasteiger charge is 2.52. The number of ether oxygens (including phenoxy) is 1. The van der Waals surface area contributed by atoms with Crippen LogP contribution in [0.5, 0.6) is 0 Å². The van der Waals surface area contributed by atoms with Crippen molar-refractivity contribution >= 4 is 23.5 Å². The summed E-state index contributed by atoms with van der Waals surface area (Å²) in [5, 5.41) is 5.82. The molecule has 2 saturated heterocycles. The minimum Gasteiger partial charge on any atom is -0.373 e. The van der Waals surface area contributed by atoms with Gasteiger partial charge in [0.2, 0.25) is 5.91 Å². The van der Waals surface area contributed by atoms with E-state index in [-0.39, 0.29) is 43.0 Å². The van der Waals surface area contributed by atoms with Crippen molar-refractivity contribution in [3.63, 3.8) is 0 Å². The summed E-state index contributed by atoms with van der Waals surface area (Å²) in [6.07, 6.45) is 3.69. The van der Waals surface area contributed by atoms with Crippen molar-refractivity contribution in [3.05, 3.63) is 29.8 Å². The van der Waals surface area contributed by atoms with Gasteiger partial charge in [-0.2, -0.15) is 0 Å². The van der Waals surface area contributed by atoms with E-state index in [1.54, 1.807) is 0 Å². The van der Waals surface area contributed by atoms with Crippen molar-refractivity contribution in [2.45, 2.75) is 70.2 Å². The Bertz CT molecular complexity index is 842. The van der Waals surface area contributed by atoms with E-state index >= 15 is 0 Å². The van der Waals surface area contributed by atoms with E-state index in [0.29, 0.717) is 12.8 Å². The first-order chi connectivity index (χ1) is 14.9. The summed E-state index contributed by atoms with van der Waals surface area (Å²) < 4.78 is 5.81. The zero-order chi connectivity index (χ0) is 22.0. The maximum Gasteiger partial charge on any atom is 0.325 e. The molecular weight excluding hydrogens is 396 g/mol. The number of nitrogens with zero attached hydrogens (tertiary/aromatic N) is 2. The third-order valence-corrected chi connectivity index (χ3v) is 6.45. The number of nitrogens with one attached hydrogen (secondary N) is 2. The standard InChI is InChI=1S/C23H32N4O4/c1-16-13-26(14-17(2)31-16)15-18-7-3-4-8-19(18)24-20(28)9-12-27-21(29)23(25-22(27)30)10-5-6-11-23/h3-4,7-8,16-17H,5-6,9-15H2,1-2H3,(H,24,28)(H,25,30). The molecule has 4 amide bonds. The monoisotopic (exact) mass is 428 g/mol. The van der Waals surface area contributed by atoms with Crippen LogP contribution >= 0.6 is 0 Å². The van der Waals surface area contributed by atoms with Crippen molar-refractivity contribution in [1.29, 1.82) is 0 Å². The summed E-state index contributed by atoms with van der Waals surface area (Å²) in [4.78, 5) is 41.2. The molecule has 2 heterocycles. The number of hydrogen-bond donors (Lipinski definition) is 2. The maximum atomic E-state index is 12.7. The fraction of sp³-hybridized carbons (Fsp3) is 0.609. The molecular formula is C23H32N4O4. The summed E-state index contributed by atoms with van der Waals surface area (Å²) >= 11 is 0.